The van der Waals surface area contributed by atoms with E-state index in [0.717, 1.165) is 11.3 Å². The zero-order valence-electron chi connectivity index (χ0n) is 14.7. The van der Waals surface area contributed by atoms with Crippen LogP contribution >= 0.6 is 11.3 Å². The third-order valence-corrected chi connectivity index (χ3v) is 5.02. The maximum absolute atomic E-state index is 12.7. The van der Waals surface area contributed by atoms with Crippen molar-refractivity contribution in [1.29, 1.82) is 0 Å². The van der Waals surface area contributed by atoms with Crippen LogP contribution in [0, 0.1) is 10.1 Å². The second kappa shape index (κ2) is 7.12. The van der Waals surface area contributed by atoms with Crippen LogP contribution in [0.5, 0.6) is 5.75 Å². The number of hydrogen-bond acceptors (Lipinski definition) is 6. The lowest BCUT2D eigenvalue weighted by molar-refractivity contribution is -0.383. The predicted molar refractivity (Wildman–Crippen MR) is 106 cm³/mol. The van der Waals surface area contributed by atoms with E-state index in [-0.39, 0.29) is 11.4 Å². The molecule has 0 saturated carbocycles. The number of nitrogens with zero attached hydrogens (tertiary/aromatic N) is 3. The smallest absolute Gasteiger partial charge is 0.292 e. The molecule has 2 aromatic heterocycles. The van der Waals surface area contributed by atoms with Crippen LogP contribution in [-0.4, -0.2) is 27.3 Å². The summed E-state index contributed by atoms with van der Waals surface area (Å²) >= 11 is 1.32. The number of amides is 1. The second-order valence-electron chi connectivity index (χ2n) is 5.86. The quantitative estimate of drug-likeness (QED) is 0.403. The maximum Gasteiger partial charge on any atom is 0.292 e. The van der Waals surface area contributed by atoms with E-state index in [2.05, 4.69) is 10.3 Å². The number of imidazole rings is 1. The number of para-hydroxylation sites is 2. The lowest BCUT2D eigenvalue weighted by atomic mass is 10.2. The molecule has 0 unspecified atom stereocenters. The van der Waals surface area contributed by atoms with Crippen molar-refractivity contribution in [1.82, 2.24) is 9.38 Å². The van der Waals surface area contributed by atoms with Gasteiger partial charge in [0, 0.05) is 23.2 Å². The minimum absolute atomic E-state index is 0.146. The van der Waals surface area contributed by atoms with Gasteiger partial charge >= 0.3 is 0 Å². The number of fused-ring (bicyclic) bond motifs is 1. The monoisotopic (exact) mass is 394 g/mol. The molecule has 0 aliphatic rings. The number of benzene rings is 2. The van der Waals surface area contributed by atoms with Gasteiger partial charge < -0.3 is 10.1 Å². The molecule has 0 bridgehead atoms. The molecule has 9 heteroatoms. The number of hydrogen-bond donors (Lipinski definition) is 1. The molecule has 140 valence electrons. The summed E-state index contributed by atoms with van der Waals surface area (Å²) in [5.41, 5.74) is 1.95. The topological polar surface area (TPSA) is 98.8 Å². The standard InChI is InChI=1S/C19H14N4O4S/c1-27-13-8-6-12(7-9-13)15-10-22-17(11-28-19(22)21-15)18(24)20-14-4-2-3-5-16(14)23(25)26/h2-11H,1H3,(H,20,24). The van der Waals surface area contributed by atoms with Gasteiger partial charge in [0.2, 0.25) is 0 Å². The number of nitro groups is 1. The number of methoxy groups -OCH3 is 1. The number of nitro benzene ring substituents is 1. The fourth-order valence-corrected chi connectivity index (χ4v) is 3.63. The summed E-state index contributed by atoms with van der Waals surface area (Å²) in [6.07, 6.45) is 1.77. The van der Waals surface area contributed by atoms with Crippen LogP contribution in [0.2, 0.25) is 0 Å². The van der Waals surface area contributed by atoms with Crippen molar-refractivity contribution in [3.05, 3.63) is 75.9 Å². The van der Waals surface area contributed by atoms with Crippen molar-refractivity contribution >= 4 is 33.6 Å². The van der Waals surface area contributed by atoms with Crippen molar-refractivity contribution in [2.24, 2.45) is 0 Å². The van der Waals surface area contributed by atoms with Crippen LogP contribution in [-0.2, 0) is 0 Å². The first-order chi connectivity index (χ1) is 13.6. The summed E-state index contributed by atoms with van der Waals surface area (Å²) in [7, 11) is 1.60. The van der Waals surface area contributed by atoms with Crippen molar-refractivity contribution < 1.29 is 14.5 Å². The van der Waals surface area contributed by atoms with E-state index in [1.165, 1.54) is 23.5 Å². The van der Waals surface area contributed by atoms with Gasteiger partial charge in [-0.25, -0.2) is 4.98 Å². The van der Waals surface area contributed by atoms with Gasteiger partial charge in [-0.2, -0.15) is 0 Å². The Balaban J connectivity index is 1.65. The van der Waals surface area contributed by atoms with Gasteiger partial charge in [0.15, 0.2) is 4.96 Å². The van der Waals surface area contributed by atoms with Gasteiger partial charge in [0.25, 0.3) is 11.6 Å². The van der Waals surface area contributed by atoms with Gasteiger partial charge in [-0.15, -0.1) is 11.3 Å². The average Bonchev–Trinajstić information content (AvgIpc) is 3.29. The molecule has 4 aromatic rings. The number of rotatable bonds is 5. The van der Waals surface area contributed by atoms with Gasteiger partial charge in [-0.05, 0) is 30.3 Å². The van der Waals surface area contributed by atoms with Gasteiger partial charge in [0.05, 0.1) is 17.7 Å². The first-order valence-corrected chi connectivity index (χ1v) is 9.10. The Bertz CT molecular complexity index is 1180. The molecule has 0 aliphatic carbocycles. The molecular formula is C19H14N4O4S. The van der Waals surface area contributed by atoms with Crippen molar-refractivity contribution in [2.45, 2.75) is 0 Å². The largest absolute Gasteiger partial charge is 0.497 e. The molecule has 1 amide bonds. The lowest BCUT2D eigenvalue weighted by Gasteiger charge is -2.05. The summed E-state index contributed by atoms with van der Waals surface area (Å²) < 4.78 is 6.83. The fourth-order valence-electron chi connectivity index (χ4n) is 2.77. The number of anilines is 1. The molecule has 1 N–H and O–H groups in total. The SMILES string of the molecule is COc1ccc(-c2cn3c(C(=O)Nc4ccccc4[N+](=O)[O-])csc3n2)cc1. The normalized spacial score (nSPS) is 10.8. The molecule has 2 heterocycles. The van der Waals surface area contributed by atoms with Crippen molar-refractivity contribution in [3.63, 3.8) is 0 Å². The molecular weight excluding hydrogens is 380 g/mol. The van der Waals surface area contributed by atoms with E-state index in [0.29, 0.717) is 16.3 Å². The summed E-state index contributed by atoms with van der Waals surface area (Å²) in [6.45, 7) is 0. The fraction of sp³-hybridized carbons (Fsp3) is 0.0526. The summed E-state index contributed by atoms with van der Waals surface area (Å²) in [5, 5.41) is 15.4. The molecule has 0 fully saturated rings. The third kappa shape index (κ3) is 3.19. The van der Waals surface area contributed by atoms with Crippen LogP contribution in [0.3, 0.4) is 0 Å². The highest BCUT2D eigenvalue weighted by atomic mass is 32.1. The van der Waals surface area contributed by atoms with Crippen LogP contribution in [0.1, 0.15) is 10.5 Å². The van der Waals surface area contributed by atoms with Crippen LogP contribution in [0.4, 0.5) is 11.4 Å². The summed E-state index contributed by atoms with van der Waals surface area (Å²) in [4.78, 5) is 28.5. The number of carbonyl (C=O) groups excluding carboxylic acids is 1. The molecule has 0 aliphatic heterocycles. The van der Waals surface area contributed by atoms with Crippen molar-refractivity contribution in [2.75, 3.05) is 12.4 Å². The zero-order chi connectivity index (χ0) is 19.7. The highest BCUT2D eigenvalue weighted by Gasteiger charge is 2.19. The first kappa shape index (κ1) is 17.7. The van der Waals surface area contributed by atoms with Gasteiger partial charge in [-0.3, -0.25) is 19.3 Å². The molecule has 0 radical (unpaired) electrons. The number of aromatic nitrogens is 2. The Labute approximate surface area is 163 Å². The van der Waals surface area contributed by atoms with E-state index >= 15 is 0 Å². The number of nitrogens with one attached hydrogen (secondary N) is 1. The molecule has 8 nitrogen and oxygen atoms in total. The average molecular weight is 394 g/mol. The Kier molecular flexibility index (Phi) is 4.50. The molecule has 28 heavy (non-hydrogen) atoms. The van der Waals surface area contributed by atoms with E-state index in [9.17, 15) is 14.9 Å². The predicted octanol–water partition coefficient (Wildman–Crippen LogP) is 4.23. The highest BCUT2D eigenvalue weighted by Crippen LogP contribution is 2.27. The number of carbonyl (C=O) groups is 1. The Morgan fingerprint density at radius 3 is 2.68 bits per heavy atom. The van der Waals surface area contributed by atoms with E-state index in [1.807, 2.05) is 24.3 Å². The van der Waals surface area contributed by atoms with Crippen LogP contribution in [0.25, 0.3) is 16.2 Å². The Morgan fingerprint density at radius 1 is 1.21 bits per heavy atom. The Morgan fingerprint density at radius 2 is 1.96 bits per heavy atom. The minimum atomic E-state index is -0.530. The van der Waals surface area contributed by atoms with Crippen LogP contribution in [0.15, 0.2) is 60.1 Å². The van der Waals surface area contributed by atoms with E-state index in [4.69, 9.17) is 4.74 Å². The summed E-state index contributed by atoms with van der Waals surface area (Å²) in [5.74, 6) is 0.300. The zero-order valence-corrected chi connectivity index (χ0v) is 15.5. The molecule has 2 aromatic carbocycles. The lowest BCUT2D eigenvalue weighted by Crippen LogP contribution is -2.14. The van der Waals surface area contributed by atoms with Gasteiger partial charge in [0.1, 0.15) is 17.1 Å². The minimum Gasteiger partial charge on any atom is -0.497 e. The van der Waals surface area contributed by atoms with Crippen LogP contribution < -0.4 is 10.1 Å². The van der Waals surface area contributed by atoms with Crippen molar-refractivity contribution in [3.8, 4) is 17.0 Å². The molecule has 0 spiro atoms. The number of thiazole rings is 1. The van der Waals surface area contributed by atoms with E-state index in [1.54, 1.807) is 35.2 Å². The molecule has 4 rings (SSSR count). The second-order valence-corrected chi connectivity index (χ2v) is 6.69. The Hall–Kier alpha value is -3.72. The van der Waals surface area contributed by atoms with E-state index < -0.39 is 10.8 Å². The molecule has 0 saturated heterocycles. The summed E-state index contributed by atoms with van der Waals surface area (Å²) in [6, 6.07) is 13.5. The third-order valence-electron chi connectivity index (χ3n) is 4.18. The highest BCUT2D eigenvalue weighted by molar-refractivity contribution is 7.15. The molecule has 0 atom stereocenters. The number of ether oxygens (including phenoxy) is 1. The maximum atomic E-state index is 12.7. The first-order valence-electron chi connectivity index (χ1n) is 8.22. The van der Waals surface area contributed by atoms with Gasteiger partial charge in [-0.1, -0.05) is 12.1 Å².